The molecule has 19 heavy (non-hydrogen) atoms. The number of nitrogens with zero attached hydrogens (tertiary/aromatic N) is 2. The molecule has 0 saturated carbocycles. The van der Waals surface area contributed by atoms with Gasteiger partial charge in [-0.1, -0.05) is 15.9 Å². The number of aromatic nitrogens is 1. The van der Waals surface area contributed by atoms with Crippen molar-refractivity contribution < 1.29 is 9.59 Å². The molecule has 0 bridgehead atoms. The minimum absolute atomic E-state index is 0.340. The van der Waals surface area contributed by atoms with Crippen molar-refractivity contribution in [2.75, 3.05) is 4.90 Å². The molecule has 1 amide bonds. The molecule has 1 aliphatic heterocycles. The van der Waals surface area contributed by atoms with Crippen LogP contribution in [-0.2, 0) is 11.3 Å². The molecule has 1 aromatic carbocycles. The Hall–Kier alpha value is -1.53. The van der Waals surface area contributed by atoms with E-state index in [1.807, 2.05) is 12.3 Å². The van der Waals surface area contributed by atoms with E-state index in [0.717, 1.165) is 15.2 Å². The fourth-order valence-corrected chi connectivity index (χ4v) is 3.14. The van der Waals surface area contributed by atoms with Gasteiger partial charge in [-0.15, -0.1) is 11.3 Å². The second kappa shape index (κ2) is 4.54. The zero-order chi connectivity index (χ0) is 13.6. The van der Waals surface area contributed by atoms with Crippen LogP contribution in [0.5, 0.6) is 0 Å². The van der Waals surface area contributed by atoms with Gasteiger partial charge in [0.15, 0.2) is 0 Å². The Kier molecular flexibility index (Phi) is 2.99. The van der Waals surface area contributed by atoms with Crippen molar-refractivity contribution in [1.29, 1.82) is 0 Å². The average Bonchev–Trinajstić information content (AvgIpc) is 2.88. The summed E-state index contributed by atoms with van der Waals surface area (Å²) < 4.78 is 0.842. The van der Waals surface area contributed by atoms with Crippen molar-refractivity contribution in [3.63, 3.8) is 0 Å². The van der Waals surface area contributed by atoms with Crippen molar-refractivity contribution in [3.8, 4) is 0 Å². The van der Waals surface area contributed by atoms with Gasteiger partial charge in [-0.25, -0.2) is 4.98 Å². The molecule has 6 heteroatoms. The zero-order valence-corrected chi connectivity index (χ0v) is 12.4. The monoisotopic (exact) mass is 336 g/mol. The lowest BCUT2D eigenvalue weighted by Crippen LogP contribution is -2.29. The first-order chi connectivity index (χ1) is 9.06. The van der Waals surface area contributed by atoms with Crippen LogP contribution in [0.2, 0.25) is 0 Å². The first-order valence-corrected chi connectivity index (χ1v) is 7.30. The van der Waals surface area contributed by atoms with Crippen molar-refractivity contribution >= 4 is 44.6 Å². The lowest BCUT2D eigenvalue weighted by molar-refractivity contribution is -0.114. The number of anilines is 1. The van der Waals surface area contributed by atoms with E-state index in [-0.39, 0.29) is 0 Å². The Morgan fingerprint density at radius 1 is 1.37 bits per heavy atom. The third-order valence-corrected chi connectivity index (χ3v) is 4.34. The molecule has 0 spiro atoms. The highest BCUT2D eigenvalue weighted by Gasteiger charge is 2.36. The summed E-state index contributed by atoms with van der Waals surface area (Å²) in [7, 11) is 0. The zero-order valence-electron chi connectivity index (χ0n) is 10.0. The molecule has 0 saturated heterocycles. The highest BCUT2D eigenvalue weighted by molar-refractivity contribution is 9.10. The van der Waals surface area contributed by atoms with Gasteiger partial charge in [0.05, 0.1) is 17.8 Å². The maximum absolute atomic E-state index is 12.0. The molecule has 1 aliphatic rings. The molecular formula is C13H9BrN2O2S. The summed E-state index contributed by atoms with van der Waals surface area (Å²) in [5.41, 5.74) is 2.03. The second-order valence-electron chi connectivity index (χ2n) is 4.26. The summed E-state index contributed by atoms with van der Waals surface area (Å²) in [5, 5.41) is 2.76. The molecule has 3 rings (SSSR count). The number of aryl methyl sites for hydroxylation is 1. The Bertz CT molecular complexity index is 696. The van der Waals surface area contributed by atoms with Gasteiger partial charge in [0.1, 0.15) is 5.01 Å². The van der Waals surface area contributed by atoms with E-state index in [1.54, 1.807) is 18.2 Å². The SMILES string of the molecule is Cc1csc(CN2C(=O)C(=O)c3ccc(Br)cc32)n1. The van der Waals surface area contributed by atoms with Gasteiger partial charge in [0.25, 0.3) is 11.7 Å². The van der Waals surface area contributed by atoms with Crippen LogP contribution < -0.4 is 4.90 Å². The lowest BCUT2D eigenvalue weighted by atomic mass is 10.1. The van der Waals surface area contributed by atoms with E-state index in [9.17, 15) is 9.59 Å². The van der Waals surface area contributed by atoms with Gasteiger partial charge in [0, 0.05) is 15.5 Å². The number of halogens is 1. The normalized spacial score (nSPS) is 14.1. The number of hydrogen-bond acceptors (Lipinski definition) is 4. The summed E-state index contributed by atoms with van der Waals surface area (Å²) in [6.07, 6.45) is 0. The number of carbonyl (C=O) groups excluding carboxylic acids is 2. The number of amides is 1. The molecule has 0 aliphatic carbocycles. The Balaban J connectivity index is 2.01. The molecule has 4 nitrogen and oxygen atoms in total. The van der Waals surface area contributed by atoms with Crippen LogP contribution in [0.4, 0.5) is 5.69 Å². The predicted molar refractivity (Wildman–Crippen MR) is 76.5 cm³/mol. The molecule has 2 aromatic rings. The van der Waals surface area contributed by atoms with E-state index in [2.05, 4.69) is 20.9 Å². The van der Waals surface area contributed by atoms with Gasteiger partial charge >= 0.3 is 0 Å². The van der Waals surface area contributed by atoms with Crippen LogP contribution in [0.15, 0.2) is 28.1 Å². The standard InChI is InChI=1S/C13H9BrN2O2S/c1-7-6-19-11(15-7)5-16-10-4-8(14)2-3-9(10)12(17)13(16)18/h2-4,6H,5H2,1H3. The van der Waals surface area contributed by atoms with Gasteiger partial charge in [0.2, 0.25) is 0 Å². The summed E-state index contributed by atoms with van der Waals surface area (Å²) in [6.45, 7) is 2.24. The smallest absolute Gasteiger partial charge is 0.298 e. The number of rotatable bonds is 2. The van der Waals surface area contributed by atoms with Crippen molar-refractivity contribution in [2.24, 2.45) is 0 Å². The molecule has 96 valence electrons. The maximum atomic E-state index is 12.0. The minimum Gasteiger partial charge on any atom is -0.298 e. The van der Waals surface area contributed by atoms with E-state index in [1.165, 1.54) is 16.2 Å². The number of fused-ring (bicyclic) bond motifs is 1. The minimum atomic E-state index is -0.485. The van der Waals surface area contributed by atoms with Crippen LogP contribution in [0.25, 0.3) is 0 Å². The molecular weight excluding hydrogens is 328 g/mol. The van der Waals surface area contributed by atoms with Crippen molar-refractivity contribution in [3.05, 3.63) is 44.3 Å². The Labute approximate surface area is 122 Å². The number of benzene rings is 1. The van der Waals surface area contributed by atoms with Gasteiger partial charge in [-0.2, -0.15) is 0 Å². The van der Waals surface area contributed by atoms with Gasteiger partial charge in [-0.3, -0.25) is 14.5 Å². The molecule has 0 radical (unpaired) electrons. The van der Waals surface area contributed by atoms with Crippen LogP contribution in [0.1, 0.15) is 21.1 Å². The molecule has 0 atom stereocenters. The first kappa shape index (κ1) is 12.5. The van der Waals surface area contributed by atoms with E-state index in [4.69, 9.17) is 0 Å². The number of Topliss-reactive ketones (excluding diaryl/α,β-unsaturated/α-hetero) is 1. The summed E-state index contributed by atoms with van der Waals surface area (Å²) in [5.74, 6) is -0.934. The van der Waals surface area contributed by atoms with Crippen molar-refractivity contribution in [1.82, 2.24) is 4.98 Å². The second-order valence-corrected chi connectivity index (χ2v) is 6.12. The third-order valence-electron chi connectivity index (χ3n) is 2.89. The van der Waals surface area contributed by atoms with Crippen LogP contribution in [0.3, 0.4) is 0 Å². The van der Waals surface area contributed by atoms with Crippen LogP contribution in [-0.4, -0.2) is 16.7 Å². The molecule has 0 unspecified atom stereocenters. The molecule has 0 N–H and O–H groups in total. The fourth-order valence-electron chi connectivity index (χ4n) is 2.03. The highest BCUT2D eigenvalue weighted by Crippen LogP contribution is 2.33. The van der Waals surface area contributed by atoms with E-state index >= 15 is 0 Å². The lowest BCUT2D eigenvalue weighted by Gasteiger charge is -2.14. The topological polar surface area (TPSA) is 50.3 Å². The van der Waals surface area contributed by atoms with Gasteiger partial charge < -0.3 is 0 Å². The number of thiazole rings is 1. The largest absolute Gasteiger partial charge is 0.299 e. The molecule has 2 heterocycles. The summed E-state index contributed by atoms with van der Waals surface area (Å²) >= 11 is 4.85. The van der Waals surface area contributed by atoms with Crippen LogP contribution in [0, 0.1) is 6.92 Å². The predicted octanol–water partition coefficient (Wildman–Crippen LogP) is 2.94. The molecule has 0 fully saturated rings. The summed E-state index contributed by atoms with van der Waals surface area (Å²) in [6, 6.07) is 5.23. The fraction of sp³-hybridized carbons (Fsp3) is 0.154. The third kappa shape index (κ3) is 2.11. The quantitative estimate of drug-likeness (QED) is 0.792. The molecule has 1 aromatic heterocycles. The Morgan fingerprint density at radius 3 is 2.84 bits per heavy atom. The number of ketones is 1. The van der Waals surface area contributed by atoms with Crippen molar-refractivity contribution in [2.45, 2.75) is 13.5 Å². The van der Waals surface area contributed by atoms with Crippen LogP contribution >= 0.6 is 27.3 Å². The summed E-state index contributed by atoms with van der Waals surface area (Å²) in [4.78, 5) is 29.7. The van der Waals surface area contributed by atoms with Gasteiger partial charge in [-0.05, 0) is 25.1 Å². The highest BCUT2D eigenvalue weighted by atomic mass is 79.9. The maximum Gasteiger partial charge on any atom is 0.299 e. The van der Waals surface area contributed by atoms with E-state index in [0.29, 0.717) is 17.8 Å². The first-order valence-electron chi connectivity index (χ1n) is 5.63. The number of carbonyl (C=O) groups is 2. The Morgan fingerprint density at radius 2 is 2.16 bits per heavy atom. The average molecular weight is 337 g/mol. The van der Waals surface area contributed by atoms with E-state index < -0.39 is 11.7 Å². The number of hydrogen-bond donors (Lipinski definition) is 0.